The molecule has 0 radical (unpaired) electrons. The lowest BCUT2D eigenvalue weighted by Gasteiger charge is -2.16. The molecule has 0 aliphatic carbocycles. The number of hydrogen-bond acceptors (Lipinski definition) is 5. The maximum Gasteiger partial charge on any atom is 0.405 e. The predicted molar refractivity (Wildman–Crippen MR) is 125 cm³/mol. The largest absolute Gasteiger partial charge is 0.435 e. The summed E-state index contributed by atoms with van der Waals surface area (Å²) in [4.78, 5) is 17.9. The lowest BCUT2D eigenvalue weighted by atomic mass is 10.00. The van der Waals surface area contributed by atoms with Gasteiger partial charge in [-0.25, -0.2) is 4.98 Å². The van der Waals surface area contributed by atoms with Crippen molar-refractivity contribution in [2.45, 2.75) is 26.3 Å². The van der Waals surface area contributed by atoms with Gasteiger partial charge in [0.25, 0.3) is 0 Å². The molecule has 1 N–H and O–H groups in total. The molecule has 2 aromatic heterocycles. The topological polar surface area (TPSA) is 64.9 Å². The second-order valence-electron chi connectivity index (χ2n) is 8.02. The summed E-state index contributed by atoms with van der Waals surface area (Å²) in [7, 11) is 0. The number of ether oxygens (including phenoxy) is 2. The summed E-state index contributed by atoms with van der Waals surface area (Å²) in [6.07, 6.45) is -1.64. The zero-order chi connectivity index (χ0) is 27.6. The van der Waals surface area contributed by atoms with Gasteiger partial charge in [-0.15, -0.1) is 0 Å². The Morgan fingerprint density at radius 2 is 1.39 bits per heavy atom. The molecule has 2 aromatic carbocycles. The summed E-state index contributed by atoms with van der Waals surface area (Å²) in [6, 6.07) is 10.4. The minimum atomic E-state index is -4.52. The molecule has 13 heteroatoms. The smallest absolute Gasteiger partial charge is 0.405 e. The molecular weight excluding hydrogens is 523 g/mol. The average molecular weight is 541 g/mol. The number of nitrogens with one attached hydrogen (secondary N) is 1. The molecule has 0 atom stereocenters. The number of pyridine rings is 1. The van der Waals surface area contributed by atoms with E-state index in [0.29, 0.717) is 11.1 Å². The standard InChI is InChI=1S/C25H18F7N3O3/c1-13-10-35-11-18(14-2-6-16(7-3-14)37-23(26)27)20(36)19(15-4-8-17(9-5-15)38-24(28)29)22(35)34-21(13)33-12-25(30,31)32/h2-11,23-24H,12H2,1H3,(H,33,34). The third-order valence-corrected chi connectivity index (χ3v) is 5.35. The van der Waals surface area contributed by atoms with Crippen molar-refractivity contribution in [1.29, 1.82) is 0 Å². The van der Waals surface area contributed by atoms with Gasteiger partial charge >= 0.3 is 19.4 Å². The molecule has 38 heavy (non-hydrogen) atoms. The Hall–Kier alpha value is -4.29. The Morgan fingerprint density at radius 3 is 1.89 bits per heavy atom. The molecule has 0 amide bonds. The van der Waals surface area contributed by atoms with Gasteiger partial charge in [0, 0.05) is 23.5 Å². The van der Waals surface area contributed by atoms with Crippen LogP contribution in [0.3, 0.4) is 0 Å². The highest BCUT2D eigenvalue weighted by Crippen LogP contribution is 2.30. The van der Waals surface area contributed by atoms with Crippen LogP contribution in [0.15, 0.2) is 65.7 Å². The summed E-state index contributed by atoms with van der Waals surface area (Å²) < 4.78 is 98.7. The molecule has 0 aliphatic rings. The number of aryl methyl sites for hydroxylation is 1. The monoisotopic (exact) mass is 541 g/mol. The van der Waals surface area contributed by atoms with Crippen LogP contribution in [0.2, 0.25) is 0 Å². The van der Waals surface area contributed by atoms with Gasteiger partial charge in [0.15, 0.2) is 11.1 Å². The van der Waals surface area contributed by atoms with Crippen LogP contribution in [-0.4, -0.2) is 35.3 Å². The van der Waals surface area contributed by atoms with Crippen molar-refractivity contribution >= 4 is 11.5 Å². The fraction of sp³-hybridized carbons (Fsp3) is 0.200. The number of fused-ring (bicyclic) bond motifs is 1. The van der Waals surface area contributed by atoms with Crippen LogP contribution >= 0.6 is 0 Å². The summed E-state index contributed by atoms with van der Waals surface area (Å²) in [6.45, 7) is -5.94. The lowest BCUT2D eigenvalue weighted by Crippen LogP contribution is -2.23. The zero-order valence-corrected chi connectivity index (χ0v) is 19.4. The fourth-order valence-electron chi connectivity index (χ4n) is 3.75. The van der Waals surface area contributed by atoms with E-state index in [9.17, 15) is 35.5 Å². The van der Waals surface area contributed by atoms with Gasteiger partial charge in [-0.3, -0.25) is 4.79 Å². The highest BCUT2D eigenvalue weighted by atomic mass is 19.4. The Kier molecular flexibility index (Phi) is 7.46. The molecule has 6 nitrogen and oxygen atoms in total. The molecule has 0 unspecified atom stereocenters. The van der Waals surface area contributed by atoms with Crippen LogP contribution in [0, 0.1) is 6.92 Å². The molecule has 0 fully saturated rings. The van der Waals surface area contributed by atoms with Crippen molar-refractivity contribution in [2.24, 2.45) is 0 Å². The van der Waals surface area contributed by atoms with Crippen molar-refractivity contribution in [1.82, 2.24) is 9.38 Å². The van der Waals surface area contributed by atoms with Crippen molar-refractivity contribution < 1.29 is 40.2 Å². The van der Waals surface area contributed by atoms with E-state index in [4.69, 9.17) is 0 Å². The number of rotatable bonds is 8. The van der Waals surface area contributed by atoms with Crippen molar-refractivity contribution in [2.75, 3.05) is 11.9 Å². The maximum absolute atomic E-state index is 13.7. The molecule has 0 bridgehead atoms. The summed E-state index contributed by atoms with van der Waals surface area (Å²) in [5.74, 6) is -0.408. The highest BCUT2D eigenvalue weighted by Gasteiger charge is 2.27. The van der Waals surface area contributed by atoms with Crippen molar-refractivity contribution in [3.05, 3.63) is 76.7 Å². The fourth-order valence-corrected chi connectivity index (χ4v) is 3.75. The molecular formula is C25H18F7N3O3. The molecule has 200 valence electrons. The Labute approximate surface area is 210 Å². The minimum Gasteiger partial charge on any atom is -0.435 e. The first-order valence-electron chi connectivity index (χ1n) is 10.9. The van der Waals surface area contributed by atoms with Crippen LogP contribution < -0.4 is 20.2 Å². The van der Waals surface area contributed by atoms with Crippen LogP contribution in [0.1, 0.15) is 5.56 Å². The van der Waals surface area contributed by atoms with Crippen LogP contribution in [-0.2, 0) is 0 Å². The predicted octanol–water partition coefficient (Wildman–Crippen LogP) is 6.51. The van der Waals surface area contributed by atoms with Gasteiger partial charge < -0.3 is 19.2 Å². The van der Waals surface area contributed by atoms with E-state index in [1.807, 2.05) is 0 Å². The minimum absolute atomic E-state index is 0.00536. The third-order valence-electron chi connectivity index (χ3n) is 5.35. The molecule has 0 spiro atoms. The van der Waals surface area contributed by atoms with E-state index in [1.54, 1.807) is 0 Å². The van der Waals surface area contributed by atoms with Crippen LogP contribution in [0.25, 0.3) is 27.9 Å². The summed E-state index contributed by atoms with van der Waals surface area (Å²) in [5, 5.41) is 2.21. The first kappa shape index (κ1) is 26.8. The maximum atomic E-state index is 13.7. The van der Waals surface area contributed by atoms with E-state index in [-0.39, 0.29) is 39.7 Å². The number of benzene rings is 2. The second kappa shape index (κ2) is 10.6. The number of hydrogen-bond donors (Lipinski definition) is 1. The third kappa shape index (κ3) is 6.15. The number of alkyl halides is 7. The van der Waals surface area contributed by atoms with Gasteiger partial charge in [-0.2, -0.15) is 30.7 Å². The molecule has 0 aliphatic heterocycles. The van der Waals surface area contributed by atoms with Gasteiger partial charge in [0.05, 0.1) is 5.56 Å². The van der Waals surface area contributed by atoms with E-state index in [0.717, 1.165) is 0 Å². The van der Waals surface area contributed by atoms with E-state index in [1.165, 1.54) is 72.2 Å². The van der Waals surface area contributed by atoms with Crippen LogP contribution in [0.5, 0.6) is 11.5 Å². The number of nitrogens with zero attached hydrogens (tertiary/aromatic N) is 2. The van der Waals surface area contributed by atoms with E-state index in [2.05, 4.69) is 19.8 Å². The molecule has 2 heterocycles. The van der Waals surface area contributed by atoms with Gasteiger partial charge in [0.2, 0.25) is 0 Å². The van der Waals surface area contributed by atoms with Gasteiger partial charge in [0.1, 0.15) is 23.9 Å². The Morgan fingerprint density at radius 1 is 0.868 bits per heavy atom. The second-order valence-corrected chi connectivity index (χ2v) is 8.02. The van der Waals surface area contributed by atoms with Crippen molar-refractivity contribution in [3.8, 4) is 33.8 Å². The Balaban J connectivity index is 1.90. The van der Waals surface area contributed by atoms with E-state index >= 15 is 0 Å². The summed E-state index contributed by atoms with van der Waals surface area (Å²) in [5.41, 5.74) is 0.389. The highest BCUT2D eigenvalue weighted by molar-refractivity contribution is 5.83. The van der Waals surface area contributed by atoms with Gasteiger partial charge in [-0.1, -0.05) is 24.3 Å². The zero-order valence-electron chi connectivity index (χ0n) is 19.4. The normalized spacial score (nSPS) is 11.8. The molecule has 0 saturated carbocycles. The number of anilines is 1. The van der Waals surface area contributed by atoms with E-state index < -0.39 is 31.4 Å². The van der Waals surface area contributed by atoms with Crippen molar-refractivity contribution in [3.63, 3.8) is 0 Å². The quantitative estimate of drug-likeness (QED) is 0.258. The average Bonchev–Trinajstić information content (AvgIpc) is 2.83. The van der Waals surface area contributed by atoms with Gasteiger partial charge in [-0.05, 0) is 42.3 Å². The lowest BCUT2D eigenvalue weighted by molar-refractivity contribution is -0.115. The van der Waals surface area contributed by atoms with Crippen LogP contribution in [0.4, 0.5) is 36.6 Å². The molecule has 4 aromatic rings. The Bertz CT molecular complexity index is 1490. The number of aromatic nitrogens is 2. The first-order chi connectivity index (χ1) is 17.9. The first-order valence-corrected chi connectivity index (χ1v) is 10.9. The SMILES string of the molecule is Cc1cn2cc(-c3ccc(OC(F)F)cc3)c(=O)c(-c3ccc(OC(F)F)cc3)c2nc1NCC(F)(F)F. The molecule has 0 saturated heterocycles. The number of halogens is 7. The molecule has 4 rings (SSSR count). The summed E-state index contributed by atoms with van der Waals surface area (Å²) >= 11 is 0.